The molecule has 1 aliphatic heterocycles. The molecular formula is C26H30N6OS. The fourth-order valence-corrected chi connectivity index (χ4v) is 5.53. The van der Waals surface area contributed by atoms with Crippen LogP contribution in [0.2, 0.25) is 0 Å². The molecule has 0 aliphatic carbocycles. The van der Waals surface area contributed by atoms with Crippen molar-refractivity contribution in [1.29, 1.82) is 0 Å². The highest BCUT2D eigenvalue weighted by Crippen LogP contribution is 2.28. The number of fused-ring (bicyclic) bond motifs is 1. The van der Waals surface area contributed by atoms with Gasteiger partial charge in [0, 0.05) is 32.9 Å². The second-order valence-electron chi connectivity index (χ2n) is 9.25. The number of aromatic nitrogens is 4. The average molecular weight is 475 g/mol. The first-order valence-corrected chi connectivity index (χ1v) is 12.5. The molecule has 1 fully saturated rings. The maximum atomic E-state index is 13.3. The van der Waals surface area contributed by atoms with Crippen molar-refractivity contribution in [2.24, 2.45) is 13.0 Å². The van der Waals surface area contributed by atoms with E-state index in [9.17, 15) is 4.79 Å². The number of rotatable bonds is 7. The SMILES string of the molecule is CN(C(=O)c1ccn(C)n1)C(Cc1ccccc1)C1CCN(Cc2ccc3nsnc3c2)CC1. The van der Waals surface area contributed by atoms with E-state index in [4.69, 9.17) is 0 Å². The van der Waals surface area contributed by atoms with Gasteiger partial charge in [0.15, 0.2) is 0 Å². The van der Waals surface area contributed by atoms with Gasteiger partial charge < -0.3 is 4.90 Å². The third-order valence-electron chi connectivity index (χ3n) is 6.94. The molecule has 0 N–H and O–H groups in total. The molecule has 1 unspecified atom stereocenters. The van der Waals surface area contributed by atoms with Crippen LogP contribution in [0, 0.1) is 5.92 Å². The molecule has 7 nitrogen and oxygen atoms in total. The molecule has 34 heavy (non-hydrogen) atoms. The van der Waals surface area contributed by atoms with Crippen molar-refractivity contribution in [3.05, 3.63) is 77.6 Å². The minimum absolute atomic E-state index is 0.00543. The van der Waals surface area contributed by atoms with Gasteiger partial charge in [0.05, 0.1) is 11.7 Å². The summed E-state index contributed by atoms with van der Waals surface area (Å²) in [5.41, 5.74) is 5.00. The number of hydrogen-bond donors (Lipinski definition) is 0. The largest absolute Gasteiger partial charge is 0.337 e. The van der Waals surface area contributed by atoms with Crippen LogP contribution < -0.4 is 0 Å². The molecule has 1 saturated heterocycles. The fourth-order valence-electron chi connectivity index (χ4n) is 5.02. The summed E-state index contributed by atoms with van der Waals surface area (Å²) in [6.45, 7) is 2.97. The second-order valence-corrected chi connectivity index (χ2v) is 9.78. The summed E-state index contributed by atoms with van der Waals surface area (Å²) in [7, 11) is 3.78. The van der Waals surface area contributed by atoms with Crippen LogP contribution in [0.15, 0.2) is 60.8 Å². The van der Waals surface area contributed by atoms with Gasteiger partial charge in [-0.25, -0.2) is 0 Å². The van der Waals surface area contributed by atoms with E-state index in [1.54, 1.807) is 10.7 Å². The van der Waals surface area contributed by atoms with Crippen molar-refractivity contribution in [1.82, 2.24) is 28.3 Å². The van der Waals surface area contributed by atoms with Crippen LogP contribution in [0.1, 0.15) is 34.5 Å². The zero-order valence-corrected chi connectivity index (χ0v) is 20.5. The predicted octanol–water partition coefficient (Wildman–Crippen LogP) is 4.02. The number of piperidine rings is 1. The van der Waals surface area contributed by atoms with Gasteiger partial charge in [-0.05, 0) is 67.6 Å². The van der Waals surface area contributed by atoms with Crippen molar-refractivity contribution in [2.75, 3.05) is 20.1 Å². The highest BCUT2D eigenvalue weighted by atomic mass is 32.1. The Balaban J connectivity index is 1.27. The van der Waals surface area contributed by atoms with Gasteiger partial charge >= 0.3 is 0 Å². The van der Waals surface area contributed by atoms with E-state index in [2.05, 4.69) is 61.2 Å². The Morgan fingerprint density at radius 1 is 1.06 bits per heavy atom. The Kier molecular flexibility index (Phi) is 6.69. The number of amides is 1. The summed E-state index contributed by atoms with van der Waals surface area (Å²) in [6.07, 6.45) is 4.81. The molecule has 0 saturated carbocycles. The van der Waals surface area contributed by atoms with Crippen molar-refractivity contribution >= 4 is 28.7 Å². The number of aryl methyl sites for hydroxylation is 1. The van der Waals surface area contributed by atoms with Crippen LogP contribution in [0.4, 0.5) is 0 Å². The van der Waals surface area contributed by atoms with E-state index in [-0.39, 0.29) is 11.9 Å². The molecule has 8 heteroatoms. The molecule has 0 bridgehead atoms. The van der Waals surface area contributed by atoms with Gasteiger partial charge in [-0.3, -0.25) is 14.4 Å². The van der Waals surface area contributed by atoms with E-state index in [1.807, 2.05) is 31.3 Å². The smallest absolute Gasteiger partial charge is 0.274 e. The lowest BCUT2D eigenvalue weighted by Crippen LogP contribution is -2.47. The summed E-state index contributed by atoms with van der Waals surface area (Å²) in [4.78, 5) is 17.7. The predicted molar refractivity (Wildman–Crippen MR) is 135 cm³/mol. The fraction of sp³-hybridized carbons (Fsp3) is 0.385. The number of likely N-dealkylation sites (N-methyl/N-ethyl adjacent to an activating group) is 1. The van der Waals surface area contributed by atoms with E-state index in [0.29, 0.717) is 11.6 Å². The van der Waals surface area contributed by atoms with Crippen molar-refractivity contribution < 1.29 is 4.79 Å². The molecule has 176 valence electrons. The first kappa shape index (κ1) is 22.7. The Labute approximate surface area is 204 Å². The van der Waals surface area contributed by atoms with Crippen molar-refractivity contribution in [2.45, 2.75) is 31.8 Å². The van der Waals surface area contributed by atoms with E-state index < -0.39 is 0 Å². The van der Waals surface area contributed by atoms with E-state index >= 15 is 0 Å². The summed E-state index contributed by atoms with van der Waals surface area (Å²) < 4.78 is 10.4. The van der Waals surface area contributed by atoms with E-state index in [1.165, 1.54) is 22.9 Å². The van der Waals surface area contributed by atoms with Gasteiger partial charge in [0.25, 0.3) is 5.91 Å². The van der Waals surface area contributed by atoms with Gasteiger partial charge in [-0.1, -0.05) is 36.4 Å². The van der Waals surface area contributed by atoms with Crippen LogP contribution in [0.3, 0.4) is 0 Å². The molecule has 2 aromatic heterocycles. The number of carbonyl (C=O) groups is 1. The quantitative estimate of drug-likeness (QED) is 0.405. The second kappa shape index (κ2) is 10.0. The Hall–Kier alpha value is -3.10. The maximum absolute atomic E-state index is 13.3. The lowest BCUT2D eigenvalue weighted by molar-refractivity contribution is 0.0579. The monoisotopic (exact) mass is 474 g/mol. The number of likely N-dealkylation sites (tertiary alicyclic amines) is 1. The van der Waals surface area contributed by atoms with E-state index in [0.717, 1.165) is 49.9 Å². The van der Waals surface area contributed by atoms with Gasteiger partial charge in [-0.2, -0.15) is 13.8 Å². The Bertz CT molecular complexity index is 1240. The molecule has 1 aliphatic rings. The molecule has 2 aromatic carbocycles. The molecule has 5 rings (SSSR count). The number of nitrogens with zero attached hydrogens (tertiary/aromatic N) is 6. The van der Waals surface area contributed by atoms with Crippen LogP contribution in [0.25, 0.3) is 11.0 Å². The molecule has 0 radical (unpaired) electrons. The topological polar surface area (TPSA) is 67.2 Å². The summed E-state index contributed by atoms with van der Waals surface area (Å²) in [6, 6.07) is 18.8. The summed E-state index contributed by atoms with van der Waals surface area (Å²) >= 11 is 1.26. The minimum Gasteiger partial charge on any atom is -0.337 e. The van der Waals surface area contributed by atoms with Crippen LogP contribution in [0.5, 0.6) is 0 Å². The molecule has 4 aromatic rings. The van der Waals surface area contributed by atoms with Crippen LogP contribution >= 0.6 is 11.7 Å². The van der Waals surface area contributed by atoms with Crippen LogP contribution in [-0.4, -0.2) is 60.4 Å². The minimum atomic E-state index is -0.00543. The normalized spacial score (nSPS) is 16.1. The lowest BCUT2D eigenvalue weighted by Gasteiger charge is -2.40. The third-order valence-corrected chi connectivity index (χ3v) is 7.50. The Morgan fingerprint density at radius 3 is 2.56 bits per heavy atom. The number of benzene rings is 2. The highest BCUT2D eigenvalue weighted by molar-refractivity contribution is 7.00. The Morgan fingerprint density at radius 2 is 1.82 bits per heavy atom. The third kappa shape index (κ3) is 5.03. The van der Waals surface area contributed by atoms with Gasteiger partial charge in [-0.15, -0.1) is 0 Å². The molecular weight excluding hydrogens is 444 g/mol. The average Bonchev–Trinajstić information content (AvgIpc) is 3.51. The van der Waals surface area contributed by atoms with Crippen molar-refractivity contribution in [3.8, 4) is 0 Å². The lowest BCUT2D eigenvalue weighted by atomic mass is 9.84. The zero-order chi connectivity index (χ0) is 23.5. The standard InChI is InChI=1S/C26H30N6OS/c1-30-13-12-23(27-30)26(33)31(2)25(17-19-6-4-3-5-7-19)21-10-14-32(15-11-21)18-20-8-9-22-24(16-20)29-34-28-22/h3-9,12-13,16,21,25H,10-11,14-15,17-18H2,1-2H3. The molecule has 1 atom stereocenters. The highest BCUT2D eigenvalue weighted by Gasteiger charge is 2.32. The first-order valence-electron chi connectivity index (χ1n) is 11.8. The first-order chi connectivity index (χ1) is 16.6. The number of carbonyl (C=O) groups excluding carboxylic acids is 1. The van der Waals surface area contributed by atoms with Gasteiger partial charge in [0.2, 0.25) is 0 Å². The number of hydrogen-bond acceptors (Lipinski definition) is 6. The van der Waals surface area contributed by atoms with Crippen molar-refractivity contribution in [3.63, 3.8) is 0 Å². The molecule has 3 heterocycles. The molecule has 0 spiro atoms. The summed E-state index contributed by atoms with van der Waals surface area (Å²) in [5.74, 6) is 0.438. The molecule has 1 amide bonds. The zero-order valence-electron chi connectivity index (χ0n) is 19.7. The van der Waals surface area contributed by atoms with Crippen LogP contribution in [-0.2, 0) is 20.0 Å². The summed E-state index contributed by atoms with van der Waals surface area (Å²) in [5, 5.41) is 4.35. The van der Waals surface area contributed by atoms with Gasteiger partial charge in [0.1, 0.15) is 16.7 Å². The maximum Gasteiger partial charge on any atom is 0.274 e.